The molecule has 7 nitrogen and oxygen atoms in total. The number of nitrogens with one attached hydrogen (secondary N) is 1. The van der Waals surface area contributed by atoms with Gasteiger partial charge < -0.3 is 25.4 Å². The van der Waals surface area contributed by atoms with E-state index in [0.29, 0.717) is 37.3 Å². The summed E-state index contributed by atoms with van der Waals surface area (Å²) < 4.78 is 25.5. The van der Waals surface area contributed by atoms with E-state index in [9.17, 15) is 14.0 Å². The van der Waals surface area contributed by atoms with Gasteiger partial charge in [0.05, 0.1) is 17.6 Å². The number of esters is 1. The van der Waals surface area contributed by atoms with Crippen molar-refractivity contribution in [2.75, 3.05) is 23.7 Å². The second-order valence-electron chi connectivity index (χ2n) is 10.3. The molecule has 174 valence electrons. The summed E-state index contributed by atoms with van der Waals surface area (Å²) in [6.45, 7) is 13.5. The lowest BCUT2D eigenvalue weighted by atomic mass is 9.84. The highest BCUT2D eigenvalue weighted by Gasteiger charge is 2.41. The molecule has 0 aromatic heterocycles. The average Bonchev–Trinajstić information content (AvgIpc) is 2.51. The maximum Gasteiger partial charge on any atom is 0.408 e. The van der Waals surface area contributed by atoms with Gasteiger partial charge in [0, 0.05) is 18.8 Å². The van der Waals surface area contributed by atoms with Crippen molar-refractivity contribution in [3.8, 4) is 0 Å². The fourth-order valence-electron chi connectivity index (χ4n) is 3.84. The highest BCUT2D eigenvalue weighted by atomic mass is 19.1. The Morgan fingerprint density at radius 1 is 1.10 bits per heavy atom. The SMILES string of the molecule is Cc1cc(N)cc(F)c1N1CCC(CC(=O)OC(C)(C)C)(NC(=O)OC(C)(C)C)CC1. The number of hydrogen-bond acceptors (Lipinski definition) is 6. The molecule has 1 aromatic carbocycles. The van der Waals surface area contributed by atoms with Crippen LogP contribution >= 0.6 is 0 Å². The number of carbonyl (C=O) groups is 2. The molecule has 0 spiro atoms. The summed E-state index contributed by atoms with van der Waals surface area (Å²) in [6.07, 6.45) is 0.309. The average molecular weight is 438 g/mol. The standard InChI is InChI=1S/C23H36FN3O4/c1-15-12-16(25)13-17(24)19(15)27-10-8-23(9-11-27,14-18(28)30-21(2,3)4)26-20(29)31-22(5,6)7/h12-13H,8-11,14,25H2,1-7H3,(H,26,29). The molecule has 1 aliphatic heterocycles. The molecule has 0 atom stereocenters. The van der Waals surface area contributed by atoms with Gasteiger partial charge in [-0.15, -0.1) is 0 Å². The third kappa shape index (κ3) is 7.29. The van der Waals surface area contributed by atoms with Gasteiger partial charge >= 0.3 is 12.1 Å². The van der Waals surface area contributed by atoms with Gasteiger partial charge in [0.1, 0.15) is 17.0 Å². The molecular weight excluding hydrogens is 401 g/mol. The minimum atomic E-state index is -0.834. The molecule has 8 heteroatoms. The summed E-state index contributed by atoms with van der Waals surface area (Å²) in [4.78, 5) is 27.0. The second-order valence-corrected chi connectivity index (χ2v) is 10.3. The van der Waals surface area contributed by atoms with E-state index >= 15 is 0 Å². The summed E-state index contributed by atoms with van der Waals surface area (Å²) in [7, 11) is 0. The van der Waals surface area contributed by atoms with Crippen LogP contribution in [0, 0.1) is 12.7 Å². The van der Waals surface area contributed by atoms with Gasteiger partial charge in [-0.25, -0.2) is 9.18 Å². The molecular formula is C23H36FN3O4. The summed E-state index contributed by atoms with van der Waals surface area (Å²) in [5.74, 6) is -0.774. The van der Waals surface area contributed by atoms with Gasteiger partial charge in [0.15, 0.2) is 0 Å². The molecule has 0 radical (unpaired) electrons. The number of nitrogens with two attached hydrogens (primary N) is 1. The Balaban J connectivity index is 2.21. The van der Waals surface area contributed by atoms with Gasteiger partial charge in [-0.1, -0.05) is 0 Å². The van der Waals surface area contributed by atoms with E-state index in [-0.39, 0.29) is 12.2 Å². The predicted octanol–water partition coefficient (Wildman–Crippen LogP) is 4.31. The number of nitrogens with zero attached hydrogens (tertiary/aromatic N) is 1. The Labute approximate surface area is 184 Å². The molecule has 2 rings (SSSR count). The van der Waals surface area contributed by atoms with Crippen LogP contribution in [0.25, 0.3) is 0 Å². The number of halogens is 1. The zero-order valence-electron chi connectivity index (χ0n) is 19.7. The number of benzene rings is 1. The molecule has 1 fully saturated rings. The van der Waals surface area contributed by atoms with Gasteiger partial charge in [0.2, 0.25) is 0 Å². The highest BCUT2D eigenvalue weighted by molar-refractivity contribution is 5.75. The Morgan fingerprint density at radius 3 is 2.13 bits per heavy atom. The summed E-state index contributed by atoms with van der Waals surface area (Å²) >= 11 is 0. The van der Waals surface area contributed by atoms with Crippen LogP contribution in [-0.4, -0.2) is 41.9 Å². The number of carbonyl (C=O) groups excluding carboxylic acids is 2. The van der Waals surface area contributed by atoms with Crippen molar-refractivity contribution in [2.24, 2.45) is 0 Å². The number of rotatable bonds is 4. The first-order chi connectivity index (χ1) is 14.1. The lowest BCUT2D eigenvalue weighted by molar-refractivity contribution is -0.156. The van der Waals surface area contributed by atoms with Gasteiger partial charge in [0.25, 0.3) is 0 Å². The molecule has 3 N–H and O–H groups in total. The number of ether oxygens (including phenoxy) is 2. The second kappa shape index (κ2) is 8.93. The lowest BCUT2D eigenvalue weighted by Crippen LogP contribution is -2.57. The fourth-order valence-corrected chi connectivity index (χ4v) is 3.84. The van der Waals surface area contributed by atoms with Gasteiger partial charge in [-0.2, -0.15) is 0 Å². The molecule has 1 amide bonds. The van der Waals surface area contributed by atoms with E-state index in [1.807, 2.05) is 11.8 Å². The first-order valence-electron chi connectivity index (χ1n) is 10.6. The summed E-state index contributed by atoms with van der Waals surface area (Å²) in [5, 5.41) is 2.91. The van der Waals surface area contributed by atoms with Gasteiger partial charge in [-0.05, 0) is 79.0 Å². The van der Waals surface area contributed by atoms with Crippen LogP contribution in [0.3, 0.4) is 0 Å². The molecule has 0 aliphatic carbocycles. The van der Waals surface area contributed by atoms with Crippen molar-refractivity contribution in [3.63, 3.8) is 0 Å². The lowest BCUT2D eigenvalue weighted by Gasteiger charge is -2.43. The molecule has 0 unspecified atom stereocenters. The molecule has 1 aliphatic rings. The third-order valence-electron chi connectivity index (χ3n) is 4.98. The molecule has 1 heterocycles. The van der Waals surface area contributed by atoms with Crippen molar-refractivity contribution in [1.29, 1.82) is 0 Å². The molecule has 31 heavy (non-hydrogen) atoms. The van der Waals surface area contributed by atoms with Gasteiger partial charge in [-0.3, -0.25) is 4.79 Å². The van der Waals surface area contributed by atoms with E-state index in [1.54, 1.807) is 47.6 Å². The van der Waals surface area contributed by atoms with E-state index in [2.05, 4.69) is 5.32 Å². The third-order valence-corrected chi connectivity index (χ3v) is 4.98. The van der Waals surface area contributed by atoms with Crippen molar-refractivity contribution < 1.29 is 23.5 Å². The number of nitrogen functional groups attached to an aromatic ring is 1. The largest absolute Gasteiger partial charge is 0.460 e. The number of aryl methyl sites for hydroxylation is 1. The Kier molecular flexibility index (Phi) is 7.13. The maximum atomic E-state index is 14.6. The number of amides is 1. The predicted molar refractivity (Wildman–Crippen MR) is 120 cm³/mol. The van der Waals surface area contributed by atoms with Crippen molar-refractivity contribution in [3.05, 3.63) is 23.5 Å². The Morgan fingerprint density at radius 2 is 1.65 bits per heavy atom. The number of hydrogen-bond donors (Lipinski definition) is 2. The maximum absolute atomic E-state index is 14.6. The summed E-state index contributed by atoms with van der Waals surface area (Å²) in [5.41, 5.74) is 5.23. The number of alkyl carbamates (subject to hydrolysis) is 1. The minimum absolute atomic E-state index is 0.0144. The van der Waals surface area contributed by atoms with Crippen LogP contribution in [0.2, 0.25) is 0 Å². The Bertz CT molecular complexity index is 764. The molecule has 0 saturated carbocycles. The van der Waals surface area contributed by atoms with Crippen LogP contribution in [0.4, 0.5) is 20.6 Å². The first kappa shape index (κ1) is 24.8. The monoisotopic (exact) mass is 437 g/mol. The van der Waals surface area contributed by atoms with Crippen molar-refractivity contribution in [2.45, 2.75) is 84.5 Å². The quantitative estimate of drug-likeness (QED) is 0.538. The molecule has 0 bridgehead atoms. The number of anilines is 2. The number of piperidine rings is 1. The van der Waals surface area contributed by atoms with E-state index in [1.165, 1.54) is 6.07 Å². The first-order valence-corrected chi connectivity index (χ1v) is 10.6. The summed E-state index contributed by atoms with van der Waals surface area (Å²) in [6, 6.07) is 3.05. The highest BCUT2D eigenvalue weighted by Crippen LogP contribution is 2.34. The van der Waals surface area contributed by atoms with Crippen molar-refractivity contribution in [1.82, 2.24) is 5.32 Å². The van der Waals surface area contributed by atoms with Crippen molar-refractivity contribution >= 4 is 23.4 Å². The van der Waals surface area contributed by atoms with Crippen LogP contribution < -0.4 is 16.0 Å². The van der Waals surface area contributed by atoms with Crippen LogP contribution in [0.5, 0.6) is 0 Å². The zero-order chi connectivity index (χ0) is 23.6. The molecule has 1 saturated heterocycles. The van der Waals surface area contributed by atoms with E-state index in [0.717, 1.165) is 5.56 Å². The van der Waals surface area contributed by atoms with Crippen LogP contribution in [0.1, 0.15) is 66.4 Å². The zero-order valence-corrected chi connectivity index (χ0v) is 19.7. The van der Waals surface area contributed by atoms with Crippen LogP contribution in [0.15, 0.2) is 12.1 Å². The molecule has 1 aromatic rings. The minimum Gasteiger partial charge on any atom is -0.460 e. The smallest absolute Gasteiger partial charge is 0.408 e. The van der Waals surface area contributed by atoms with E-state index in [4.69, 9.17) is 15.2 Å². The van der Waals surface area contributed by atoms with E-state index < -0.39 is 28.8 Å². The van der Waals surface area contributed by atoms with Crippen LogP contribution in [-0.2, 0) is 14.3 Å². The normalized spacial score (nSPS) is 16.6. The fraction of sp³-hybridized carbons (Fsp3) is 0.652. The Hall–Kier alpha value is -2.51. The topological polar surface area (TPSA) is 93.9 Å².